The third-order valence-electron chi connectivity index (χ3n) is 8.51. The van der Waals surface area contributed by atoms with Crippen molar-refractivity contribution in [2.24, 2.45) is 0 Å². The number of nitrogens with zero attached hydrogens (tertiary/aromatic N) is 1. The second-order valence-electron chi connectivity index (χ2n) is 11.8. The first-order valence-electron chi connectivity index (χ1n) is 14.9. The molecule has 1 amide bonds. The fourth-order valence-corrected chi connectivity index (χ4v) is 5.62. The molecule has 0 atom stereocenters. The van der Waals surface area contributed by atoms with E-state index in [0.29, 0.717) is 51.7 Å². The van der Waals surface area contributed by atoms with E-state index >= 15 is 0 Å². The molecule has 0 aromatic heterocycles. The minimum atomic E-state index is -4.76. The Morgan fingerprint density at radius 1 is 0.771 bits per heavy atom. The molecular weight excluding hydrogens is 656 g/mol. The van der Waals surface area contributed by atoms with Crippen molar-refractivity contribution in [2.45, 2.75) is 68.5 Å². The molecule has 2 aliphatic carbocycles. The molecule has 2 saturated carbocycles. The minimum absolute atomic E-state index is 0.0204. The maximum Gasteiger partial charge on any atom is 0.417 e. The highest BCUT2D eigenvalue weighted by Gasteiger charge is 2.58. The first-order valence-corrected chi connectivity index (χ1v) is 14.9. The maximum atomic E-state index is 13.4. The quantitative estimate of drug-likeness (QED) is 0.205. The number of anilines is 1. The molecule has 16 heteroatoms. The first-order chi connectivity index (χ1) is 22.5. The molecule has 260 valence electrons. The predicted molar refractivity (Wildman–Crippen MR) is 153 cm³/mol. The molecule has 2 heterocycles. The number of fused-ring (bicyclic) bond motifs is 2. The van der Waals surface area contributed by atoms with Crippen LogP contribution in [0.1, 0.15) is 75.9 Å². The summed E-state index contributed by atoms with van der Waals surface area (Å²) >= 11 is 0. The fourth-order valence-electron chi connectivity index (χ4n) is 5.62. The lowest BCUT2D eigenvalue weighted by atomic mass is 9.94. The molecule has 0 saturated heterocycles. The molecule has 0 radical (unpaired) electrons. The lowest BCUT2D eigenvalue weighted by molar-refractivity contribution is -0.139. The number of unbranched alkanes of at least 4 members (excludes halogenated alkanes) is 1. The SMILES string of the molecule is COC(=O)c1cc2c(cc1C(F)(F)F)OC1(CC1)C(=O)C2.COCCCCN1C(=O)C2(CC2)Oc2cc(C(F)(F)F)c(C(=O)OC)cc21. The second-order valence-corrected chi connectivity index (χ2v) is 11.8. The van der Waals surface area contributed by atoms with E-state index in [9.17, 15) is 45.5 Å². The molecule has 48 heavy (non-hydrogen) atoms. The van der Waals surface area contributed by atoms with Gasteiger partial charge in [0, 0.05) is 45.1 Å². The second kappa shape index (κ2) is 12.6. The van der Waals surface area contributed by atoms with Gasteiger partial charge in [-0.25, -0.2) is 9.59 Å². The number of methoxy groups -OCH3 is 3. The summed E-state index contributed by atoms with van der Waals surface area (Å²) in [6, 6.07) is 3.65. The summed E-state index contributed by atoms with van der Waals surface area (Å²) in [5, 5.41) is 0. The van der Waals surface area contributed by atoms with Crippen molar-refractivity contribution in [1.29, 1.82) is 0 Å². The molecule has 0 bridgehead atoms. The average molecular weight is 688 g/mol. The Balaban J connectivity index is 0.000000194. The summed E-state index contributed by atoms with van der Waals surface area (Å²) in [7, 11) is 3.57. The van der Waals surface area contributed by atoms with Gasteiger partial charge in [0.25, 0.3) is 5.91 Å². The van der Waals surface area contributed by atoms with Crippen molar-refractivity contribution in [3.63, 3.8) is 0 Å². The van der Waals surface area contributed by atoms with Crippen LogP contribution in [-0.2, 0) is 42.6 Å². The molecule has 2 aromatic rings. The Kier molecular flexibility index (Phi) is 9.18. The third-order valence-corrected chi connectivity index (χ3v) is 8.51. The van der Waals surface area contributed by atoms with Crippen molar-refractivity contribution in [3.05, 3.63) is 52.1 Å². The minimum Gasteiger partial charge on any atom is -0.479 e. The summed E-state index contributed by atoms with van der Waals surface area (Å²) in [5.74, 6) is -2.69. The van der Waals surface area contributed by atoms with Crippen LogP contribution in [0.2, 0.25) is 0 Å². The standard InChI is InChI=1S/C18H20F3NO5.C14H11F3O4/c1-25-8-4-3-7-22-13-9-11(15(23)26-2)12(18(19,20)21)10-14(13)27-17(5-6-17)16(22)24;1-20-12(19)8-4-7-5-11(18)13(2-3-13)21-10(7)6-9(8)14(15,16)17/h9-10H,3-8H2,1-2H3;4,6H,2-3,5H2,1H3. The predicted octanol–water partition coefficient (Wildman–Crippen LogP) is 5.71. The monoisotopic (exact) mass is 687 g/mol. The van der Waals surface area contributed by atoms with Crippen LogP contribution >= 0.6 is 0 Å². The molecule has 10 nitrogen and oxygen atoms in total. The van der Waals surface area contributed by atoms with E-state index in [1.165, 1.54) is 4.90 Å². The highest BCUT2D eigenvalue weighted by Crippen LogP contribution is 2.52. The van der Waals surface area contributed by atoms with Crippen molar-refractivity contribution >= 4 is 29.3 Å². The highest BCUT2D eigenvalue weighted by molar-refractivity contribution is 6.06. The van der Waals surface area contributed by atoms with E-state index in [1.807, 2.05) is 0 Å². The Morgan fingerprint density at radius 3 is 1.79 bits per heavy atom. The zero-order valence-corrected chi connectivity index (χ0v) is 26.1. The number of carbonyl (C=O) groups excluding carboxylic acids is 4. The van der Waals surface area contributed by atoms with Crippen molar-refractivity contribution in [1.82, 2.24) is 0 Å². The van der Waals surface area contributed by atoms with Crippen LogP contribution in [0.3, 0.4) is 0 Å². The van der Waals surface area contributed by atoms with Gasteiger partial charge in [-0.1, -0.05) is 0 Å². The van der Waals surface area contributed by atoms with Gasteiger partial charge in [-0.15, -0.1) is 0 Å². The van der Waals surface area contributed by atoms with E-state index in [-0.39, 0.29) is 40.9 Å². The molecule has 0 N–H and O–H groups in total. The number of rotatable bonds is 7. The van der Waals surface area contributed by atoms with Gasteiger partial charge in [0.2, 0.25) is 0 Å². The van der Waals surface area contributed by atoms with Crippen LogP contribution in [0.25, 0.3) is 0 Å². The number of carbonyl (C=O) groups is 4. The number of hydrogen-bond donors (Lipinski definition) is 0. The van der Waals surface area contributed by atoms with Crippen LogP contribution in [0, 0.1) is 0 Å². The van der Waals surface area contributed by atoms with Gasteiger partial charge >= 0.3 is 24.3 Å². The highest BCUT2D eigenvalue weighted by atomic mass is 19.4. The smallest absolute Gasteiger partial charge is 0.417 e. The van der Waals surface area contributed by atoms with Crippen molar-refractivity contribution in [2.75, 3.05) is 39.4 Å². The van der Waals surface area contributed by atoms with Crippen LogP contribution < -0.4 is 14.4 Å². The number of halogens is 6. The number of ether oxygens (including phenoxy) is 5. The van der Waals surface area contributed by atoms with Gasteiger partial charge in [0.05, 0.1) is 42.2 Å². The summed E-state index contributed by atoms with van der Waals surface area (Å²) in [6.45, 7) is 0.809. The van der Waals surface area contributed by atoms with E-state index in [0.717, 1.165) is 38.5 Å². The first kappa shape index (κ1) is 35.0. The third kappa shape index (κ3) is 6.66. The summed E-state index contributed by atoms with van der Waals surface area (Å²) in [6.07, 6.45) is -6.25. The van der Waals surface area contributed by atoms with Crippen LogP contribution in [-0.4, -0.2) is 69.3 Å². The maximum absolute atomic E-state index is 13.4. The van der Waals surface area contributed by atoms with Gasteiger partial charge in [-0.2, -0.15) is 26.3 Å². The molecule has 2 aromatic carbocycles. The molecule has 0 unspecified atom stereocenters. The molecule has 2 aliphatic heterocycles. The number of ketones is 1. The van der Waals surface area contributed by atoms with E-state index < -0.39 is 57.7 Å². The summed E-state index contributed by atoms with van der Waals surface area (Å²) < 4.78 is 104. The Hall–Kier alpha value is -4.34. The number of alkyl halides is 6. The van der Waals surface area contributed by atoms with Crippen LogP contribution in [0.5, 0.6) is 11.5 Å². The van der Waals surface area contributed by atoms with Crippen molar-refractivity contribution in [3.8, 4) is 11.5 Å². The molecule has 6 rings (SSSR count). The number of benzene rings is 2. The number of esters is 2. The zero-order valence-electron chi connectivity index (χ0n) is 26.1. The van der Waals surface area contributed by atoms with Crippen LogP contribution in [0.15, 0.2) is 24.3 Å². The number of amides is 1. The zero-order chi connectivity index (χ0) is 35.2. The van der Waals surface area contributed by atoms with Crippen molar-refractivity contribution < 1.29 is 69.2 Å². The van der Waals surface area contributed by atoms with Gasteiger partial charge in [0.1, 0.15) is 11.5 Å². The van der Waals surface area contributed by atoms with E-state index in [4.69, 9.17) is 14.2 Å². The van der Waals surface area contributed by atoms with Crippen LogP contribution in [0.4, 0.5) is 32.0 Å². The number of Topliss-reactive ketones (excluding diaryl/α,β-unsaturated/α-hetero) is 1. The summed E-state index contributed by atoms with van der Waals surface area (Å²) in [5.41, 5.74) is -5.09. The molecule has 2 spiro atoms. The summed E-state index contributed by atoms with van der Waals surface area (Å²) in [4.78, 5) is 49.6. The van der Waals surface area contributed by atoms with E-state index in [1.54, 1.807) is 7.11 Å². The van der Waals surface area contributed by atoms with Gasteiger partial charge in [-0.05, 0) is 49.9 Å². The Labute approximate surface area is 270 Å². The lowest BCUT2D eigenvalue weighted by Gasteiger charge is -2.35. The lowest BCUT2D eigenvalue weighted by Crippen LogP contribution is -2.48. The largest absolute Gasteiger partial charge is 0.479 e. The normalized spacial score (nSPS) is 18.1. The molecule has 4 aliphatic rings. The van der Waals surface area contributed by atoms with Gasteiger partial charge < -0.3 is 28.6 Å². The van der Waals surface area contributed by atoms with Gasteiger partial charge in [-0.3, -0.25) is 9.59 Å². The van der Waals surface area contributed by atoms with E-state index in [2.05, 4.69) is 9.47 Å². The average Bonchev–Trinajstić information content (AvgIpc) is 3.97. The number of hydrogen-bond acceptors (Lipinski definition) is 9. The Morgan fingerprint density at radius 2 is 1.29 bits per heavy atom. The molecular formula is C32H31F6NO9. The topological polar surface area (TPSA) is 118 Å². The fraction of sp³-hybridized carbons (Fsp3) is 0.500. The van der Waals surface area contributed by atoms with Gasteiger partial charge in [0.15, 0.2) is 17.0 Å². The molecule has 2 fully saturated rings. The Bertz CT molecular complexity index is 1640.